The van der Waals surface area contributed by atoms with E-state index in [4.69, 9.17) is 46.4 Å². The molecule has 0 radical (unpaired) electrons. The summed E-state index contributed by atoms with van der Waals surface area (Å²) in [6.45, 7) is 6.41. The van der Waals surface area contributed by atoms with Crippen LogP contribution in [0.2, 0.25) is 20.1 Å². The maximum absolute atomic E-state index is 13.0. The van der Waals surface area contributed by atoms with Gasteiger partial charge in [0.15, 0.2) is 0 Å². The van der Waals surface area contributed by atoms with Gasteiger partial charge in [-0.05, 0) is 122 Å². The molecule has 0 spiro atoms. The molecule has 2 aliphatic rings. The van der Waals surface area contributed by atoms with Crippen LogP contribution in [0.25, 0.3) is 0 Å². The first-order valence-corrected chi connectivity index (χ1v) is 26.8. The normalized spacial score (nSPS) is 15.5. The first kappa shape index (κ1) is 64.3. The average molecular weight is 1170 g/mol. The fourth-order valence-corrected chi connectivity index (χ4v) is 11.1. The van der Waals surface area contributed by atoms with Crippen molar-refractivity contribution in [1.82, 2.24) is 30.2 Å². The molecule has 2 atom stereocenters. The van der Waals surface area contributed by atoms with Crippen LogP contribution in [-0.2, 0) is 20.7 Å². The van der Waals surface area contributed by atoms with Gasteiger partial charge in [0.2, 0.25) is 12.8 Å². The summed E-state index contributed by atoms with van der Waals surface area (Å²) in [5.41, 5.74) is 5.13. The Hall–Kier alpha value is -5.18. The lowest BCUT2D eigenvalue weighted by Crippen LogP contribution is -2.51. The first-order valence-electron chi connectivity index (χ1n) is 25.3. The third kappa shape index (κ3) is 17.4. The van der Waals surface area contributed by atoms with Gasteiger partial charge in [0.05, 0.1) is 31.2 Å². The van der Waals surface area contributed by atoms with Gasteiger partial charge >= 0.3 is 0 Å². The van der Waals surface area contributed by atoms with Gasteiger partial charge in [-0.2, -0.15) is 0 Å². The van der Waals surface area contributed by atoms with Crippen LogP contribution < -0.4 is 10.6 Å². The number of hydrogen-bond donors (Lipinski definition) is 2. The van der Waals surface area contributed by atoms with Crippen molar-refractivity contribution in [2.75, 3.05) is 66.5 Å². The van der Waals surface area contributed by atoms with Crippen molar-refractivity contribution >= 4 is 95.9 Å². The second kappa shape index (κ2) is 31.4. The summed E-state index contributed by atoms with van der Waals surface area (Å²) in [5.74, 6) is 0.190. The van der Waals surface area contributed by atoms with Crippen molar-refractivity contribution < 1.29 is 24.7 Å². The minimum absolute atomic E-state index is 0. The van der Waals surface area contributed by atoms with Crippen LogP contribution in [0.3, 0.4) is 0 Å². The van der Waals surface area contributed by atoms with E-state index in [9.17, 15) is 19.2 Å². The molecule has 6 aromatic rings. The molecular formula is C60H70Cl6N6O5. The number of rotatable bonds is 20. The summed E-state index contributed by atoms with van der Waals surface area (Å²) in [4.78, 5) is 57.4. The summed E-state index contributed by atoms with van der Waals surface area (Å²) in [5, 5.41) is 8.31. The molecule has 0 aliphatic carbocycles. The van der Waals surface area contributed by atoms with Crippen LogP contribution in [0.15, 0.2) is 158 Å². The van der Waals surface area contributed by atoms with Gasteiger partial charge in [-0.15, -0.1) is 24.8 Å². The van der Waals surface area contributed by atoms with Crippen LogP contribution in [0.4, 0.5) is 0 Å². The fraction of sp³-hybridized carbons (Fsp3) is 0.333. The number of nitrogens with one attached hydrogen (secondary N) is 2. The van der Waals surface area contributed by atoms with Crippen LogP contribution in [0.1, 0.15) is 93.3 Å². The van der Waals surface area contributed by atoms with Gasteiger partial charge in [-0.25, -0.2) is 0 Å². The molecule has 17 heteroatoms. The van der Waals surface area contributed by atoms with E-state index in [1.807, 2.05) is 148 Å². The quantitative estimate of drug-likeness (QED) is 0.0731. The lowest BCUT2D eigenvalue weighted by Gasteiger charge is -2.42. The number of likely N-dealkylation sites (tertiary alicyclic amines) is 2. The number of amides is 4. The van der Waals surface area contributed by atoms with E-state index in [1.54, 1.807) is 9.80 Å². The molecule has 4 N–H and O–H groups in total. The summed E-state index contributed by atoms with van der Waals surface area (Å²) in [6.07, 6.45) is 6.76. The zero-order valence-electron chi connectivity index (χ0n) is 43.5. The van der Waals surface area contributed by atoms with E-state index in [1.165, 1.54) is 0 Å². The molecule has 2 unspecified atom stereocenters. The van der Waals surface area contributed by atoms with Crippen LogP contribution in [0.5, 0.6) is 0 Å². The molecule has 77 heavy (non-hydrogen) atoms. The minimum Gasteiger partial charge on any atom is -0.412 e. The van der Waals surface area contributed by atoms with Crippen molar-refractivity contribution in [3.63, 3.8) is 0 Å². The molecule has 11 nitrogen and oxygen atoms in total. The second-order valence-electron chi connectivity index (χ2n) is 19.5. The zero-order valence-corrected chi connectivity index (χ0v) is 48.1. The molecule has 0 bridgehead atoms. The van der Waals surface area contributed by atoms with Crippen molar-refractivity contribution in [1.29, 1.82) is 0 Å². The lowest BCUT2D eigenvalue weighted by atomic mass is 9.81. The standard InChI is InChI=1S/2C30H33Cl2N3O2.2ClH.H2O/c2*1-34(29(37)23-8-4-2-5-9-23)21-25(24-12-13-27(31)28(32)20-24)14-17-35-18-15-30(16-19-35,33-22-36)26-10-6-3-7-11-26;;;/h2*2-13,20,22,25H,14-19,21H2,1H3,(H,33,36);2*1H;1H2. The molecular weight excluding hydrogens is 1100 g/mol. The average Bonchev–Trinajstić information content (AvgIpc) is 3.44. The van der Waals surface area contributed by atoms with Gasteiger partial charge in [0.1, 0.15) is 0 Å². The Morgan fingerprint density at radius 1 is 0.506 bits per heavy atom. The Morgan fingerprint density at radius 2 is 0.818 bits per heavy atom. The van der Waals surface area contributed by atoms with Crippen molar-refractivity contribution in [3.05, 3.63) is 211 Å². The van der Waals surface area contributed by atoms with Gasteiger partial charge < -0.3 is 35.7 Å². The highest BCUT2D eigenvalue weighted by Gasteiger charge is 2.37. The largest absolute Gasteiger partial charge is 0.412 e. The van der Waals surface area contributed by atoms with Crippen LogP contribution >= 0.6 is 71.2 Å². The highest BCUT2D eigenvalue weighted by Crippen LogP contribution is 2.36. The number of carbonyl (C=O) groups excluding carboxylic acids is 4. The third-order valence-electron chi connectivity index (χ3n) is 14.9. The van der Waals surface area contributed by atoms with E-state index in [0.29, 0.717) is 44.3 Å². The number of benzene rings is 6. The van der Waals surface area contributed by atoms with Gasteiger partial charge in [-0.1, -0.05) is 156 Å². The molecule has 2 saturated heterocycles. The number of likely N-dealkylation sites (N-methyl/N-ethyl adjacent to an activating group) is 2. The molecule has 2 aliphatic heterocycles. The summed E-state index contributed by atoms with van der Waals surface area (Å²) < 4.78 is 0. The first-order chi connectivity index (χ1) is 35.8. The Kier molecular flexibility index (Phi) is 26.3. The third-order valence-corrected chi connectivity index (χ3v) is 16.4. The van der Waals surface area contributed by atoms with E-state index < -0.39 is 0 Å². The lowest BCUT2D eigenvalue weighted by molar-refractivity contribution is -0.112. The number of carbonyl (C=O) groups is 4. The Labute approximate surface area is 486 Å². The number of nitrogens with zero attached hydrogens (tertiary/aromatic N) is 4. The molecule has 6 aromatic carbocycles. The highest BCUT2D eigenvalue weighted by atomic mass is 35.5. The number of hydrogen-bond acceptors (Lipinski definition) is 6. The Balaban J connectivity index is 0.000000320. The molecule has 4 amide bonds. The smallest absolute Gasteiger partial charge is 0.253 e. The van der Waals surface area contributed by atoms with Crippen molar-refractivity contribution in [2.45, 2.75) is 61.4 Å². The molecule has 0 aromatic heterocycles. The summed E-state index contributed by atoms with van der Waals surface area (Å²) >= 11 is 25.1. The monoisotopic (exact) mass is 1160 g/mol. The number of piperidine rings is 2. The molecule has 2 heterocycles. The van der Waals surface area contributed by atoms with Crippen LogP contribution in [-0.4, -0.2) is 116 Å². The predicted octanol–water partition coefficient (Wildman–Crippen LogP) is 12.0. The second-order valence-corrected chi connectivity index (χ2v) is 21.2. The fourth-order valence-electron chi connectivity index (χ4n) is 10.5. The van der Waals surface area contributed by atoms with E-state index >= 15 is 0 Å². The highest BCUT2D eigenvalue weighted by molar-refractivity contribution is 6.42. The zero-order chi connectivity index (χ0) is 52.5. The topological polar surface area (TPSA) is 137 Å². The maximum Gasteiger partial charge on any atom is 0.253 e. The van der Waals surface area contributed by atoms with Crippen LogP contribution in [0, 0.1) is 0 Å². The van der Waals surface area contributed by atoms with Gasteiger partial charge in [0, 0.05) is 76.3 Å². The van der Waals surface area contributed by atoms with Crippen molar-refractivity contribution in [3.8, 4) is 0 Å². The molecule has 0 saturated carbocycles. The maximum atomic E-state index is 13.0. The van der Waals surface area contributed by atoms with Crippen molar-refractivity contribution in [2.24, 2.45) is 0 Å². The van der Waals surface area contributed by atoms with Gasteiger partial charge in [-0.3, -0.25) is 19.2 Å². The summed E-state index contributed by atoms with van der Waals surface area (Å²) in [6, 6.07) is 50.6. The summed E-state index contributed by atoms with van der Waals surface area (Å²) in [7, 11) is 3.69. The molecule has 8 rings (SSSR count). The van der Waals surface area contributed by atoms with Gasteiger partial charge in [0.25, 0.3) is 11.8 Å². The Morgan fingerprint density at radius 3 is 1.12 bits per heavy atom. The Bertz CT molecular complexity index is 2560. The predicted molar refractivity (Wildman–Crippen MR) is 319 cm³/mol. The number of halogens is 6. The SMILES string of the molecule is CN(CC(CCN1CCC(NC=O)(c2ccccc2)CC1)c1ccc(Cl)c(Cl)c1)C(=O)c1ccccc1.CN(CC(CCN1CCC(NC=O)(c2ccccc2)CC1)c1ccc(Cl)c(Cl)c1)C(=O)c1ccccc1.Cl.Cl.O. The van der Waals surface area contributed by atoms with E-state index in [2.05, 4.69) is 44.7 Å². The van der Waals surface area contributed by atoms with E-state index in [0.717, 1.165) is 113 Å². The minimum atomic E-state index is -0.328. The molecule has 412 valence electrons. The van der Waals surface area contributed by atoms with E-state index in [-0.39, 0.29) is 65.0 Å². The molecule has 2 fully saturated rings.